The molecular weight excluding hydrogens is 256 g/mol. The summed E-state index contributed by atoms with van der Waals surface area (Å²) in [5.41, 5.74) is 4.74. The van der Waals surface area contributed by atoms with Crippen molar-refractivity contribution in [2.45, 2.75) is 18.9 Å². The number of aliphatic carboxylic acids is 1. The first kappa shape index (κ1) is 14.4. The smallest absolute Gasteiger partial charge is 0.326 e. The number of pyridine rings is 1. The predicted octanol–water partition coefficient (Wildman–Crippen LogP) is 0.120. The van der Waals surface area contributed by atoms with Crippen molar-refractivity contribution in [3.05, 3.63) is 28.4 Å². The zero-order chi connectivity index (χ0) is 14.4. The van der Waals surface area contributed by atoms with Crippen LogP contribution in [0.25, 0.3) is 0 Å². The van der Waals surface area contributed by atoms with E-state index in [1.165, 1.54) is 12.1 Å². The minimum atomic E-state index is -1.17. The number of hydrogen-bond acceptors (Lipinski definition) is 6. The number of amides is 1. The third-order valence-corrected chi connectivity index (χ3v) is 2.26. The van der Waals surface area contributed by atoms with Crippen molar-refractivity contribution in [2.24, 2.45) is 5.73 Å². The highest BCUT2D eigenvalue weighted by Crippen LogP contribution is 2.13. The number of carbonyl (C=O) groups is 2. The lowest BCUT2D eigenvalue weighted by Gasteiger charge is -2.13. The molecule has 0 radical (unpaired) electrons. The van der Waals surface area contributed by atoms with Crippen LogP contribution in [0, 0.1) is 10.1 Å². The highest BCUT2D eigenvalue weighted by atomic mass is 16.6. The van der Waals surface area contributed by atoms with E-state index in [1.54, 1.807) is 0 Å². The van der Waals surface area contributed by atoms with Crippen LogP contribution in [-0.2, 0) is 9.59 Å². The van der Waals surface area contributed by atoms with Crippen LogP contribution in [-0.4, -0.2) is 32.9 Å². The fourth-order valence-electron chi connectivity index (χ4n) is 1.30. The number of nitro groups is 1. The number of carbonyl (C=O) groups excluding carboxylic acids is 1. The Labute approximate surface area is 107 Å². The zero-order valence-corrected chi connectivity index (χ0v) is 9.78. The second-order valence-corrected chi connectivity index (χ2v) is 3.70. The molecule has 0 saturated carbocycles. The van der Waals surface area contributed by atoms with Crippen LogP contribution in [0.3, 0.4) is 0 Å². The summed E-state index contributed by atoms with van der Waals surface area (Å²) in [5, 5.41) is 21.9. The third-order valence-electron chi connectivity index (χ3n) is 2.26. The summed E-state index contributed by atoms with van der Waals surface area (Å²) in [4.78, 5) is 35.1. The lowest BCUT2D eigenvalue weighted by Crippen LogP contribution is -2.31. The average Bonchev–Trinajstić information content (AvgIpc) is 2.34. The van der Waals surface area contributed by atoms with Crippen LogP contribution in [0.4, 0.5) is 11.5 Å². The van der Waals surface area contributed by atoms with Crippen molar-refractivity contribution < 1.29 is 19.6 Å². The lowest BCUT2D eigenvalue weighted by molar-refractivity contribution is -0.385. The van der Waals surface area contributed by atoms with Crippen LogP contribution in [0.2, 0.25) is 0 Å². The maximum Gasteiger partial charge on any atom is 0.326 e. The number of nitrogens with one attached hydrogen (secondary N) is 1. The van der Waals surface area contributed by atoms with Gasteiger partial charge in [0.15, 0.2) is 0 Å². The Morgan fingerprint density at radius 2 is 2.21 bits per heavy atom. The van der Waals surface area contributed by atoms with Gasteiger partial charge in [-0.3, -0.25) is 14.9 Å². The van der Waals surface area contributed by atoms with Crippen molar-refractivity contribution >= 4 is 23.4 Å². The van der Waals surface area contributed by atoms with Gasteiger partial charge in [-0.2, -0.15) is 0 Å². The van der Waals surface area contributed by atoms with Gasteiger partial charge in [-0.05, 0) is 12.5 Å². The standard InChI is InChI=1S/C10H12N4O5/c11-8(15)3-2-7(10(16)17)13-9-4-1-6(5-12-9)14(18)19/h1,4-5,7H,2-3H2,(H2,11,15)(H,12,13)(H,16,17). The predicted molar refractivity (Wildman–Crippen MR) is 64.4 cm³/mol. The van der Waals surface area contributed by atoms with Crippen molar-refractivity contribution in [3.8, 4) is 0 Å². The maximum absolute atomic E-state index is 10.9. The number of carboxylic acid groups (broad SMARTS) is 1. The molecule has 0 bridgehead atoms. The second kappa shape index (κ2) is 6.28. The molecule has 1 amide bonds. The van der Waals surface area contributed by atoms with Gasteiger partial charge >= 0.3 is 5.97 Å². The monoisotopic (exact) mass is 268 g/mol. The van der Waals surface area contributed by atoms with Gasteiger partial charge in [0.05, 0.1) is 4.92 Å². The van der Waals surface area contributed by atoms with E-state index in [0.29, 0.717) is 0 Å². The van der Waals surface area contributed by atoms with Gasteiger partial charge in [-0.25, -0.2) is 9.78 Å². The molecule has 0 aliphatic rings. The molecule has 0 aliphatic carbocycles. The summed E-state index contributed by atoms with van der Waals surface area (Å²) in [6.45, 7) is 0. The summed E-state index contributed by atoms with van der Waals surface area (Å²) in [6.07, 6.45) is 0.926. The number of rotatable bonds is 7. The first-order chi connectivity index (χ1) is 8.90. The van der Waals surface area contributed by atoms with Crippen molar-refractivity contribution in [2.75, 3.05) is 5.32 Å². The topological polar surface area (TPSA) is 148 Å². The number of carboxylic acids is 1. The highest BCUT2D eigenvalue weighted by molar-refractivity contribution is 5.79. The van der Waals surface area contributed by atoms with E-state index in [9.17, 15) is 19.7 Å². The van der Waals surface area contributed by atoms with Crippen LogP contribution in [0.15, 0.2) is 18.3 Å². The minimum Gasteiger partial charge on any atom is -0.480 e. The SMILES string of the molecule is NC(=O)CCC(Nc1ccc([N+](=O)[O-])cn1)C(=O)O. The third kappa shape index (κ3) is 4.58. The van der Waals surface area contributed by atoms with Crippen LogP contribution in [0.5, 0.6) is 0 Å². The Bertz CT molecular complexity index is 487. The number of nitrogens with zero attached hydrogens (tertiary/aromatic N) is 2. The number of hydrogen-bond donors (Lipinski definition) is 3. The molecule has 9 heteroatoms. The van der Waals surface area contributed by atoms with Gasteiger partial charge in [0, 0.05) is 12.5 Å². The number of primary amides is 1. The van der Waals surface area contributed by atoms with Crippen molar-refractivity contribution in [1.29, 1.82) is 0 Å². The molecule has 0 fully saturated rings. The molecule has 4 N–H and O–H groups in total. The maximum atomic E-state index is 10.9. The highest BCUT2D eigenvalue weighted by Gasteiger charge is 2.18. The molecule has 0 saturated heterocycles. The molecule has 0 aliphatic heterocycles. The normalized spacial score (nSPS) is 11.6. The molecule has 0 spiro atoms. The summed E-state index contributed by atoms with van der Waals surface area (Å²) < 4.78 is 0. The molecule has 1 unspecified atom stereocenters. The molecule has 1 atom stereocenters. The molecule has 0 aromatic carbocycles. The summed E-state index contributed by atoms with van der Waals surface area (Å²) in [7, 11) is 0. The first-order valence-corrected chi connectivity index (χ1v) is 5.28. The molecule has 1 aromatic heterocycles. The van der Waals surface area contributed by atoms with Crippen molar-refractivity contribution in [3.63, 3.8) is 0 Å². The number of aromatic nitrogens is 1. The molecule has 9 nitrogen and oxygen atoms in total. The van der Waals surface area contributed by atoms with Gasteiger partial charge in [-0.15, -0.1) is 0 Å². The van der Waals surface area contributed by atoms with Crippen molar-refractivity contribution in [1.82, 2.24) is 4.98 Å². The average molecular weight is 268 g/mol. The Morgan fingerprint density at radius 1 is 1.53 bits per heavy atom. The fraction of sp³-hybridized carbons (Fsp3) is 0.300. The Kier molecular flexibility index (Phi) is 4.75. The second-order valence-electron chi connectivity index (χ2n) is 3.70. The molecule has 1 rings (SSSR count). The first-order valence-electron chi connectivity index (χ1n) is 5.28. The Balaban J connectivity index is 2.70. The van der Waals surface area contributed by atoms with Gasteiger partial charge in [0.2, 0.25) is 5.91 Å². The Morgan fingerprint density at radius 3 is 2.63 bits per heavy atom. The van der Waals surface area contributed by atoms with E-state index in [-0.39, 0.29) is 24.3 Å². The van der Waals surface area contributed by atoms with E-state index in [0.717, 1.165) is 6.20 Å². The minimum absolute atomic E-state index is 0.00331. The number of anilines is 1. The molecular formula is C10H12N4O5. The van der Waals surface area contributed by atoms with Crippen LogP contribution >= 0.6 is 0 Å². The molecule has 1 aromatic rings. The molecule has 1 heterocycles. The summed E-state index contributed by atoms with van der Waals surface area (Å²) >= 11 is 0. The van der Waals surface area contributed by atoms with E-state index in [2.05, 4.69) is 10.3 Å². The largest absolute Gasteiger partial charge is 0.480 e. The van der Waals surface area contributed by atoms with E-state index >= 15 is 0 Å². The zero-order valence-electron chi connectivity index (χ0n) is 9.78. The lowest BCUT2D eigenvalue weighted by atomic mass is 10.1. The fourth-order valence-corrected chi connectivity index (χ4v) is 1.30. The quantitative estimate of drug-likeness (QED) is 0.469. The summed E-state index contributed by atoms with van der Waals surface area (Å²) in [5.74, 6) is -1.60. The molecule has 102 valence electrons. The van der Waals surface area contributed by atoms with E-state index in [4.69, 9.17) is 10.8 Å². The Hall–Kier alpha value is -2.71. The molecule has 19 heavy (non-hydrogen) atoms. The van der Waals surface area contributed by atoms with Crippen LogP contribution in [0.1, 0.15) is 12.8 Å². The summed E-state index contributed by atoms with van der Waals surface area (Å²) in [6, 6.07) is 1.45. The van der Waals surface area contributed by atoms with Gasteiger partial charge in [0.25, 0.3) is 5.69 Å². The van der Waals surface area contributed by atoms with Gasteiger partial charge in [-0.1, -0.05) is 0 Å². The van der Waals surface area contributed by atoms with Crippen LogP contribution < -0.4 is 11.1 Å². The number of nitrogens with two attached hydrogens (primary N) is 1. The van der Waals surface area contributed by atoms with E-state index in [1.807, 2.05) is 0 Å². The van der Waals surface area contributed by atoms with Gasteiger partial charge in [0.1, 0.15) is 18.1 Å². The van der Waals surface area contributed by atoms with E-state index < -0.39 is 22.8 Å². The van der Waals surface area contributed by atoms with Gasteiger partial charge < -0.3 is 16.2 Å².